The third-order valence-electron chi connectivity index (χ3n) is 4.02. The molecule has 1 amide bonds. The van der Waals surface area contributed by atoms with Crippen LogP contribution in [0, 0.1) is 12.8 Å². The summed E-state index contributed by atoms with van der Waals surface area (Å²) in [4.78, 5) is 24.2. The summed E-state index contributed by atoms with van der Waals surface area (Å²) in [5.74, 6) is 0.283. The number of carbonyl (C=O) groups is 2. The number of carboxylic acid groups (broad SMARTS) is 1. The van der Waals surface area contributed by atoms with Crippen LogP contribution in [0.15, 0.2) is 18.2 Å². The zero-order valence-electron chi connectivity index (χ0n) is 15.4. The minimum absolute atomic E-state index is 0.129. The number of benzene rings is 1. The van der Waals surface area contributed by atoms with Crippen molar-refractivity contribution in [3.63, 3.8) is 0 Å². The van der Waals surface area contributed by atoms with Crippen LogP contribution in [0.5, 0.6) is 5.75 Å². The molecule has 1 N–H and O–H groups in total. The lowest BCUT2D eigenvalue weighted by Crippen LogP contribution is -2.53. The zero-order valence-corrected chi connectivity index (χ0v) is 15.4. The second-order valence-electron chi connectivity index (χ2n) is 7.54. The van der Waals surface area contributed by atoms with Crippen LogP contribution in [0.25, 0.3) is 0 Å². The van der Waals surface area contributed by atoms with Crippen LogP contribution in [0.4, 0.5) is 4.79 Å². The lowest BCUT2D eigenvalue weighted by atomic mass is 10.0. The minimum Gasteiger partial charge on any atom is -0.493 e. The number of hydrogen-bond acceptors (Lipinski definition) is 4. The molecule has 0 radical (unpaired) electrons. The second kappa shape index (κ2) is 7.76. The third kappa shape index (κ3) is 5.96. The van der Waals surface area contributed by atoms with E-state index in [2.05, 4.69) is 0 Å². The zero-order chi connectivity index (χ0) is 18.6. The maximum Gasteiger partial charge on any atom is 0.410 e. The lowest BCUT2D eigenvalue weighted by molar-refractivity contribution is -0.136. The first-order chi connectivity index (χ1) is 11.6. The molecule has 0 aromatic heterocycles. The number of aliphatic carboxylic acids is 1. The van der Waals surface area contributed by atoms with E-state index in [9.17, 15) is 9.59 Å². The number of carbonyl (C=O) groups excluding carboxylic acids is 1. The van der Waals surface area contributed by atoms with E-state index in [1.54, 1.807) is 4.90 Å². The first kappa shape index (κ1) is 19.1. The number of nitrogens with zero attached hydrogens (tertiary/aromatic N) is 1. The van der Waals surface area contributed by atoms with Crippen molar-refractivity contribution >= 4 is 12.1 Å². The van der Waals surface area contributed by atoms with E-state index in [1.165, 1.54) is 0 Å². The van der Waals surface area contributed by atoms with Gasteiger partial charge in [0.15, 0.2) is 0 Å². The average Bonchev–Trinajstić information content (AvgIpc) is 2.42. The smallest absolute Gasteiger partial charge is 0.410 e. The predicted molar refractivity (Wildman–Crippen MR) is 93.9 cm³/mol. The van der Waals surface area contributed by atoms with Crippen LogP contribution in [-0.2, 0) is 16.0 Å². The molecule has 1 saturated heterocycles. The van der Waals surface area contributed by atoms with Gasteiger partial charge in [-0.25, -0.2) is 4.79 Å². The van der Waals surface area contributed by atoms with Crippen LogP contribution in [0.2, 0.25) is 0 Å². The fourth-order valence-electron chi connectivity index (χ4n) is 2.65. The predicted octanol–water partition coefficient (Wildman–Crippen LogP) is 3.26. The minimum atomic E-state index is -0.792. The molecule has 6 heteroatoms. The van der Waals surface area contributed by atoms with E-state index in [0.717, 1.165) is 16.9 Å². The summed E-state index contributed by atoms with van der Waals surface area (Å²) in [6.07, 6.45) is 0.376. The molecule has 1 aliphatic heterocycles. The van der Waals surface area contributed by atoms with E-state index in [4.69, 9.17) is 14.6 Å². The molecule has 1 aliphatic rings. The van der Waals surface area contributed by atoms with Crippen molar-refractivity contribution in [1.29, 1.82) is 0 Å². The molecule has 1 aromatic carbocycles. The van der Waals surface area contributed by atoms with Gasteiger partial charge < -0.3 is 19.5 Å². The summed E-state index contributed by atoms with van der Waals surface area (Å²) in [6.45, 7) is 9.36. The van der Waals surface area contributed by atoms with Crippen molar-refractivity contribution in [3.8, 4) is 5.75 Å². The number of rotatable bonds is 6. The summed E-state index contributed by atoms with van der Waals surface area (Å²) in [7, 11) is 0. The normalized spacial score (nSPS) is 14.8. The van der Waals surface area contributed by atoms with Crippen molar-refractivity contribution in [3.05, 3.63) is 29.3 Å². The largest absolute Gasteiger partial charge is 0.493 e. The molecule has 2 rings (SSSR count). The van der Waals surface area contributed by atoms with E-state index in [1.807, 2.05) is 45.9 Å². The van der Waals surface area contributed by atoms with E-state index in [-0.39, 0.29) is 12.5 Å². The number of hydrogen-bond donors (Lipinski definition) is 1. The van der Waals surface area contributed by atoms with E-state index in [0.29, 0.717) is 32.0 Å². The fourth-order valence-corrected chi connectivity index (χ4v) is 2.65. The summed E-state index contributed by atoms with van der Waals surface area (Å²) in [6, 6.07) is 5.72. The van der Waals surface area contributed by atoms with Gasteiger partial charge in [0.05, 0.1) is 6.61 Å². The Kier molecular flexibility index (Phi) is 5.93. The quantitative estimate of drug-likeness (QED) is 0.853. The standard InChI is InChI=1S/C19H27NO5/c1-13-9-16(7-5-15(13)6-8-17(21)22)24-12-14-10-20(11-14)18(23)25-19(2,3)4/h5,7,9,14H,6,8,10-12H2,1-4H3,(H,21,22). The Morgan fingerprint density at radius 3 is 2.52 bits per heavy atom. The van der Waals surface area contributed by atoms with Gasteiger partial charge in [0.25, 0.3) is 0 Å². The van der Waals surface area contributed by atoms with Gasteiger partial charge in [-0.1, -0.05) is 6.07 Å². The molecule has 138 valence electrons. The van der Waals surface area contributed by atoms with Gasteiger partial charge in [-0.2, -0.15) is 0 Å². The maximum atomic E-state index is 11.9. The molecule has 1 fully saturated rings. The number of aryl methyl sites for hydroxylation is 2. The summed E-state index contributed by atoms with van der Waals surface area (Å²) >= 11 is 0. The summed E-state index contributed by atoms with van der Waals surface area (Å²) in [5, 5.41) is 8.76. The molecule has 0 bridgehead atoms. The van der Waals surface area contributed by atoms with Crippen molar-refractivity contribution < 1.29 is 24.2 Å². The van der Waals surface area contributed by atoms with Gasteiger partial charge in [0.2, 0.25) is 0 Å². The number of likely N-dealkylation sites (tertiary alicyclic amines) is 1. The Hall–Kier alpha value is -2.24. The molecule has 0 saturated carbocycles. The molecule has 0 atom stereocenters. The van der Waals surface area contributed by atoms with Crippen molar-refractivity contribution in [1.82, 2.24) is 4.90 Å². The number of carboxylic acids is 1. The highest BCUT2D eigenvalue weighted by molar-refractivity contribution is 5.69. The average molecular weight is 349 g/mol. The van der Waals surface area contributed by atoms with Gasteiger partial charge in [0.1, 0.15) is 11.4 Å². The highest BCUT2D eigenvalue weighted by Gasteiger charge is 2.34. The van der Waals surface area contributed by atoms with E-state index >= 15 is 0 Å². The number of amides is 1. The number of ether oxygens (including phenoxy) is 2. The summed E-state index contributed by atoms with van der Waals surface area (Å²) in [5.41, 5.74) is 1.58. The third-order valence-corrected chi connectivity index (χ3v) is 4.02. The molecule has 1 aromatic rings. The molecule has 0 spiro atoms. The van der Waals surface area contributed by atoms with Crippen molar-refractivity contribution in [2.24, 2.45) is 5.92 Å². The van der Waals surface area contributed by atoms with Crippen LogP contribution >= 0.6 is 0 Å². The Morgan fingerprint density at radius 2 is 1.96 bits per heavy atom. The van der Waals surface area contributed by atoms with Crippen molar-refractivity contribution in [2.75, 3.05) is 19.7 Å². The second-order valence-corrected chi connectivity index (χ2v) is 7.54. The molecule has 6 nitrogen and oxygen atoms in total. The molecular formula is C19H27NO5. The molecule has 25 heavy (non-hydrogen) atoms. The monoisotopic (exact) mass is 349 g/mol. The Morgan fingerprint density at radius 1 is 1.28 bits per heavy atom. The van der Waals surface area contributed by atoms with Crippen LogP contribution < -0.4 is 4.74 Å². The van der Waals surface area contributed by atoms with Gasteiger partial charge in [-0.15, -0.1) is 0 Å². The highest BCUT2D eigenvalue weighted by atomic mass is 16.6. The van der Waals surface area contributed by atoms with E-state index < -0.39 is 11.6 Å². The first-order valence-corrected chi connectivity index (χ1v) is 8.56. The maximum absolute atomic E-state index is 11.9. The van der Waals surface area contributed by atoms with Crippen LogP contribution in [-0.4, -0.2) is 47.4 Å². The molecule has 0 aliphatic carbocycles. The SMILES string of the molecule is Cc1cc(OCC2CN(C(=O)OC(C)(C)C)C2)ccc1CCC(=O)O. The van der Waals surface area contributed by atoms with Crippen LogP contribution in [0.3, 0.4) is 0 Å². The highest BCUT2D eigenvalue weighted by Crippen LogP contribution is 2.23. The topological polar surface area (TPSA) is 76.1 Å². The van der Waals surface area contributed by atoms with Gasteiger partial charge >= 0.3 is 12.1 Å². The van der Waals surface area contributed by atoms with Crippen molar-refractivity contribution in [2.45, 2.75) is 46.1 Å². The van der Waals surface area contributed by atoms with Gasteiger partial charge in [-0.05, 0) is 57.4 Å². The molecule has 0 unspecified atom stereocenters. The lowest BCUT2D eigenvalue weighted by Gasteiger charge is -2.39. The Labute approximate surface area is 148 Å². The molecular weight excluding hydrogens is 322 g/mol. The van der Waals surface area contributed by atoms with Crippen LogP contribution in [0.1, 0.15) is 38.3 Å². The Balaban J connectivity index is 1.75. The van der Waals surface area contributed by atoms with Gasteiger partial charge in [-0.3, -0.25) is 4.79 Å². The summed E-state index contributed by atoms with van der Waals surface area (Å²) < 4.78 is 11.1. The molecule has 1 heterocycles. The fraction of sp³-hybridized carbons (Fsp3) is 0.579. The van der Waals surface area contributed by atoms with Gasteiger partial charge in [0, 0.05) is 25.4 Å². The Bertz CT molecular complexity index is 629. The first-order valence-electron chi connectivity index (χ1n) is 8.56.